The van der Waals surface area contributed by atoms with Crippen molar-refractivity contribution in [3.05, 3.63) is 76.6 Å². The Balaban J connectivity index is 1.79. The van der Waals surface area contributed by atoms with Crippen molar-refractivity contribution in [1.29, 1.82) is 0 Å². The molecule has 0 aliphatic rings. The third-order valence-corrected chi connectivity index (χ3v) is 3.77. The molecule has 0 spiro atoms. The van der Waals surface area contributed by atoms with Gasteiger partial charge in [-0.2, -0.15) is 10.2 Å². The van der Waals surface area contributed by atoms with Gasteiger partial charge in [0.15, 0.2) is 0 Å². The average Bonchev–Trinajstić information content (AvgIpc) is 2.91. The molecular weight excluding hydrogens is 345 g/mol. The number of nitrogens with one attached hydrogen (secondary N) is 1. The number of nitrogens with zero attached hydrogens (tertiary/aromatic N) is 4. The molecule has 8 heteroatoms. The lowest BCUT2D eigenvalue weighted by Crippen LogP contribution is -2.17. The van der Waals surface area contributed by atoms with Gasteiger partial charge in [-0.3, -0.25) is 9.78 Å². The van der Waals surface area contributed by atoms with Gasteiger partial charge >= 0.3 is 0 Å². The number of hydrazone groups is 1. The van der Waals surface area contributed by atoms with Crippen LogP contribution < -0.4 is 5.43 Å². The molecule has 0 fully saturated rings. The molecule has 25 heavy (non-hydrogen) atoms. The number of carbonyl (C=O) groups excluding carboxylic acids is 1. The molecule has 0 radical (unpaired) electrons. The Bertz CT molecular complexity index is 922. The van der Waals surface area contributed by atoms with Gasteiger partial charge in [-0.1, -0.05) is 11.6 Å². The highest BCUT2D eigenvalue weighted by molar-refractivity contribution is 6.32. The van der Waals surface area contributed by atoms with E-state index in [9.17, 15) is 9.18 Å². The minimum atomic E-state index is -0.385. The highest BCUT2D eigenvalue weighted by Crippen LogP contribution is 2.22. The van der Waals surface area contributed by atoms with E-state index >= 15 is 0 Å². The zero-order valence-corrected chi connectivity index (χ0v) is 13.9. The summed E-state index contributed by atoms with van der Waals surface area (Å²) in [6, 6.07) is 9.07. The molecule has 1 aromatic carbocycles. The minimum absolute atomic E-state index is 0.309. The van der Waals surface area contributed by atoms with Gasteiger partial charge in [0.25, 0.3) is 5.91 Å². The zero-order valence-electron chi connectivity index (χ0n) is 13.1. The smallest absolute Gasteiger partial charge is 0.267 e. The van der Waals surface area contributed by atoms with E-state index < -0.39 is 0 Å². The van der Waals surface area contributed by atoms with Crippen LogP contribution in [-0.4, -0.2) is 26.9 Å². The molecule has 1 amide bonds. The molecule has 2 heterocycles. The van der Waals surface area contributed by atoms with Crippen LogP contribution in [0, 0.1) is 12.7 Å². The topological polar surface area (TPSA) is 72.2 Å². The number of rotatable bonds is 4. The number of aromatic nitrogens is 3. The first kappa shape index (κ1) is 16.8. The first-order valence-corrected chi connectivity index (χ1v) is 7.68. The number of amides is 1. The predicted octanol–water partition coefficient (Wildman–Crippen LogP) is 3.13. The lowest BCUT2D eigenvalue weighted by atomic mass is 10.3. The van der Waals surface area contributed by atoms with Crippen molar-refractivity contribution in [3.8, 4) is 5.69 Å². The second-order valence-corrected chi connectivity index (χ2v) is 5.48. The van der Waals surface area contributed by atoms with Crippen molar-refractivity contribution in [2.45, 2.75) is 6.92 Å². The van der Waals surface area contributed by atoms with E-state index in [4.69, 9.17) is 11.6 Å². The van der Waals surface area contributed by atoms with Crippen molar-refractivity contribution in [2.24, 2.45) is 5.10 Å². The lowest BCUT2D eigenvalue weighted by Gasteiger charge is -2.02. The van der Waals surface area contributed by atoms with Crippen molar-refractivity contribution < 1.29 is 9.18 Å². The van der Waals surface area contributed by atoms with Gasteiger partial charge in [0.1, 0.15) is 11.0 Å². The molecule has 3 aromatic rings. The number of hydrogen-bond acceptors (Lipinski definition) is 4. The molecule has 6 nitrogen and oxygen atoms in total. The van der Waals surface area contributed by atoms with Gasteiger partial charge in [-0.15, -0.1) is 0 Å². The SMILES string of the molecule is Cc1nn(-c2ccc(F)cc2)c(Cl)c1C=NNC(=O)c1cccnc1. The fourth-order valence-electron chi connectivity index (χ4n) is 2.13. The van der Waals surface area contributed by atoms with Gasteiger partial charge in [-0.05, 0) is 43.3 Å². The first-order chi connectivity index (χ1) is 12.1. The van der Waals surface area contributed by atoms with Crippen molar-refractivity contribution >= 4 is 23.7 Å². The van der Waals surface area contributed by atoms with Gasteiger partial charge in [0.2, 0.25) is 0 Å². The summed E-state index contributed by atoms with van der Waals surface area (Å²) in [5, 5.41) is 8.53. The molecule has 126 valence electrons. The van der Waals surface area contributed by atoms with Crippen LogP contribution in [0.15, 0.2) is 53.9 Å². The van der Waals surface area contributed by atoms with E-state index in [-0.39, 0.29) is 11.7 Å². The third-order valence-electron chi connectivity index (χ3n) is 3.40. The largest absolute Gasteiger partial charge is 0.272 e. The fraction of sp³-hybridized carbons (Fsp3) is 0.0588. The Morgan fingerprint density at radius 2 is 2.08 bits per heavy atom. The summed E-state index contributed by atoms with van der Waals surface area (Å²) in [4.78, 5) is 15.8. The Kier molecular flexibility index (Phi) is 4.85. The van der Waals surface area contributed by atoms with Crippen molar-refractivity contribution in [2.75, 3.05) is 0 Å². The van der Waals surface area contributed by atoms with E-state index in [1.807, 2.05) is 0 Å². The van der Waals surface area contributed by atoms with E-state index in [2.05, 4.69) is 20.6 Å². The number of pyridine rings is 1. The standard InChI is InChI=1S/C17H13ClFN5O/c1-11-15(10-21-22-17(25)12-3-2-8-20-9-12)16(18)24(23-11)14-6-4-13(19)5-7-14/h2-10H,1H3,(H,22,25). The maximum absolute atomic E-state index is 13.0. The molecule has 0 atom stereocenters. The highest BCUT2D eigenvalue weighted by Gasteiger charge is 2.13. The predicted molar refractivity (Wildman–Crippen MR) is 92.6 cm³/mol. The molecule has 0 saturated heterocycles. The maximum atomic E-state index is 13.0. The molecule has 0 aliphatic carbocycles. The van der Waals surface area contributed by atoms with Gasteiger partial charge in [0.05, 0.1) is 28.7 Å². The summed E-state index contributed by atoms with van der Waals surface area (Å²) in [6.07, 6.45) is 4.43. The Hall–Kier alpha value is -3.06. The van der Waals surface area contributed by atoms with Gasteiger partial charge in [0, 0.05) is 12.4 Å². The van der Waals surface area contributed by atoms with Crippen LogP contribution in [0.4, 0.5) is 4.39 Å². The van der Waals surface area contributed by atoms with Gasteiger partial charge < -0.3 is 0 Å². The fourth-order valence-corrected chi connectivity index (χ4v) is 2.45. The summed E-state index contributed by atoms with van der Waals surface area (Å²) in [5.41, 5.74) is 4.59. The first-order valence-electron chi connectivity index (χ1n) is 7.31. The van der Waals surface area contributed by atoms with Crippen LogP contribution >= 0.6 is 11.6 Å². The number of hydrogen-bond donors (Lipinski definition) is 1. The van der Waals surface area contributed by atoms with Crippen LogP contribution in [0.25, 0.3) is 5.69 Å². The molecular formula is C17H13ClFN5O. The van der Waals surface area contributed by atoms with E-state index in [0.29, 0.717) is 27.7 Å². The van der Waals surface area contributed by atoms with Crippen molar-refractivity contribution in [3.63, 3.8) is 0 Å². The Morgan fingerprint density at radius 3 is 2.76 bits per heavy atom. The molecule has 3 rings (SSSR count). The second kappa shape index (κ2) is 7.23. The second-order valence-electron chi connectivity index (χ2n) is 5.12. The van der Waals surface area contributed by atoms with Crippen molar-refractivity contribution in [1.82, 2.24) is 20.2 Å². The number of aryl methyl sites for hydroxylation is 1. The molecule has 2 aromatic heterocycles. The van der Waals surface area contributed by atoms with Crippen LogP contribution in [0.3, 0.4) is 0 Å². The number of halogens is 2. The zero-order chi connectivity index (χ0) is 17.8. The monoisotopic (exact) mass is 357 g/mol. The van der Waals surface area contributed by atoms with E-state index in [0.717, 1.165) is 0 Å². The Labute approximate surface area is 148 Å². The molecule has 0 unspecified atom stereocenters. The summed E-state index contributed by atoms with van der Waals surface area (Å²) in [5.74, 6) is -0.729. The Morgan fingerprint density at radius 1 is 1.32 bits per heavy atom. The maximum Gasteiger partial charge on any atom is 0.272 e. The molecule has 0 bridgehead atoms. The third kappa shape index (κ3) is 3.72. The normalized spacial score (nSPS) is 11.0. The van der Waals surface area contributed by atoms with E-state index in [1.165, 1.54) is 29.2 Å². The highest BCUT2D eigenvalue weighted by atomic mass is 35.5. The number of carbonyl (C=O) groups is 1. The molecule has 1 N–H and O–H groups in total. The van der Waals surface area contributed by atoms with E-state index in [1.54, 1.807) is 37.4 Å². The summed E-state index contributed by atoms with van der Waals surface area (Å²) in [6.45, 7) is 1.76. The lowest BCUT2D eigenvalue weighted by molar-refractivity contribution is 0.0955. The molecule has 0 saturated carbocycles. The molecule has 0 aliphatic heterocycles. The van der Waals surface area contributed by atoms with Crippen LogP contribution in [0.2, 0.25) is 5.15 Å². The van der Waals surface area contributed by atoms with Crippen LogP contribution in [0.1, 0.15) is 21.6 Å². The summed E-state index contributed by atoms with van der Waals surface area (Å²) < 4.78 is 14.5. The van der Waals surface area contributed by atoms with Crippen LogP contribution in [0.5, 0.6) is 0 Å². The van der Waals surface area contributed by atoms with Gasteiger partial charge in [-0.25, -0.2) is 14.5 Å². The summed E-state index contributed by atoms with van der Waals surface area (Å²) >= 11 is 6.33. The van der Waals surface area contributed by atoms with Crippen LogP contribution in [-0.2, 0) is 0 Å². The minimum Gasteiger partial charge on any atom is -0.267 e. The quantitative estimate of drug-likeness (QED) is 0.576. The average molecular weight is 358 g/mol. The number of benzene rings is 1. The summed E-state index contributed by atoms with van der Waals surface area (Å²) in [7, 11) is 0.